The van der Waals surface area contributed by atoms with Gasteiger partial charge in [-0.2, -0.15) is 0 Å². The topological polar surface area (TPSA) is 42.2 Å². The van der Waals surface area contributed by atoms with Gasteiger partial charge in [-0.05, 0) is 50.8 Å². The third kappa shape index (κ3) is 3.84. The van der Waals surface area contributed by atoms with Gasteiger partial charge in [-0.25, -0.2) is 4.98 Å². The molecule has 1 aliphatic rings. The smallest absolute Gasteiger partial charge is 0.153 e. The SMILES string of the molecule is C=CNC(=NC(C)c1ccccc1)c1ncn(C2CCC(C)C2)c1C. The molecule has 1 saturated carbocycles. The Kier molecular flexibility index (Phi) is 5.37. The van der Waals surface area contributed by atoms with Crippen molar-refractivity contribution in [3.05, 3.63) is 66.4 Å². The van der Waals surface area contributed by atoms with Gasteiger partial charge in [0, 0.05) is 11.7 Å². The number of hydrogen-bond donors (Lipinski definition) is 1. The van der Waals surface area contributed by atoms with Gasteiger partial charge in [0.15, 0.2) is 5.84 Å². The van der Waals surface area contributed by atoms with Crippen LogP contribution in [0.4, 0.5) is 0 Å². The first-order valence-corrected chi connectivity index (χ1v) is 9.14. The van der Waals surface area contributed by atoms with Crippen molar-refractivity contribution in [1.82, 2.24) is 14.9 Å². The predicted octanol–water partition coefficient (Wildman–Crippen LogP) is 4.79. The van der Waals surface area contributed by atoms with Crippen molar-refractivity contribution in [2.24, 2.45) is 10.9 Å². The zero-order valence-electron chi connectivity index (χ0n) is 15.4. The van der Waals surface area contributed by atoms with E-state index in [0.717, 1.165) is 17.4 Å². The monoisotopic (exact) mass is 336 g/mol. The number of aliphatic imine (C=N–C) groups is 1. The number of imidazole rings is 1. The van der Waals surface area contributed by atoms with E-state index in [0.29, 0.717) is 6.04 Å². The minimum absolute atomic E-state index is 0.0553. The highest BCUT2D eigenvalue weighted by atomic mass is 15.1. The maximum Gasteiger partial charge on any atom is 0.153 e. The molecule has 3 atom stereocenters. The van der Waals surface area contributed by atoms with Gasteiger partial charge in [-0.1, -0.05) is 43.8 Å². The van der Waals surface area contributed by atoms with Crippen molar-refractivity contribution in [3.63, 3.8) is 0 Å². The highest BCUT2D eigenvalue weighted by Crippen LogP contribution is 2.35. The fraction of sp³-hybridized carbons (Fsp3) is 0.429. The number of amidine groups is 1. The fourth-order valence-corrected chi connectivity index (χ4v) is 3.72. The Bertz CT molecular complexity index is 745. The lowest BCUT2D eigenvalue weighted by Gasteiger charge is -2.15. The molecule has 2 aromatic rings. The molecule has 0 amide bonds. The maximum absolute atomic E-state index is 4.88. The minimum atomic E-state index is 0.0553. The molecule has 0 saturated heterocycles. The van der Waals surface area contributed by atoms with Crippen LogP contribution in [-0.4, -0.2) is 15.4 Å². The third-order valence-corrected chi connectivity index (χ3v) is 5.17. The number of rotatable bonds is 5. The normalized spacial score (nSPS) is 22.0. The van der Waals surface area contributed by atoms with Crippen molar-refractivity contribution in [1.29, 1.82) is 0 Å². The summed E-state index contributed by atoms with van der Waals surface area (Å²) in [5.74, 6) is 1.58. The summed E-state index contributed by atoms with van der Waals surface area (Å²) in [5, 5.41) is 3.19. The van der Waals surface area contributed by atoms with Gasteiger partial charge in [0.05, 0.1) is 12.4 Å². The van der Waals surface area contributed by atoms with E-state index in [1.54, 1.807) is 6.20 Å². The summed E-state index contributed by atoms with van der Waals surface area (Å²) >= 11 is 0. The summed E-state index contributed by atoms with van der Waals surface area (Å²) in [6.07, 6.45) is 7.42. The highest BCUT2D eigenvalue weighted by molar-refractivity contribution is 5.98. The molecule has 4 nitrogen and oxygen atoms in total. The Hall–Kier alpha value is -2.36. The number of nitrogens with one attached hydrogen (secondary N) is 1. The molecular formula is C21H28N4. The molecule has 1 aliphatic carbocycles. The van der Waals surface area contributed by atoms with Crippen LogP contribution in [0.15, 0.2) is 54.4 Å². The molecule has 1 aromatic heterocycles. The standard InChI is InChI=1S/C21H28N4/c1-5-22-21(24-16(3)18-9-7-6-8-10-18)20-17(4)25(14-23-20)19-12-11-15(2)13-19/h5-10,14-16,19H,1,11-13H2,2-4H3,(H,22,24). The number of aromatic nitrogens is 2. The average Bonchev–Trinajstić information content (AvgIpc) is 3.21. The van der Waals surface area contributed by atoms with Crippen LogP contribution in [-0.2, 0) is 0 Å². The molecule has 4 heteroatoms. The molecule has 3 rings (SSSR count). The Morgan fingerprint density at radius 3 is 2.76 bits per heavy atom. The van der Waals surface area contributed by atoms with Crippen molar-refractivity contribution in [2.75, 3.05) is 0 Å². The van der Waals surface area contributed by atoms with E-state index in [4.69, 9.17) is 4.99 Å². The van der Waals surface area contributed by atoms with E-state index in [2.05, 4.69) is 54.4 Å². The van der Waals surface area contributed by atoms with Gasteiger partial charge in [0.1, 0.15) is 5.69 Å². The highest BCUT2D eigenvalue weighted by Gasteiger charge is 2.25. The minimum Gasteiger partial charge on any atom is -0.346 e. The summed E-state index contributed by atoms with van der Waals surface area (Å²) in [6, 6.07) is 10.9. The van der Waals surface area contributed by atoms with Gasteiger partial charge in [-0.3, -0.25) is 4.99 Å². The van der Waals surface area contributed by atoms with Gasteiger partial charge in [-0.15, -0.1) is 0 Å². The largest absolute Gasteiger partial charge is 0.346 e. The molecule has 0 radical (unpaired) electrons. The second-order valence-electron chi connectivity index (χ2n) is 7.07. The molecule has 0 bridgehead atoms. The van der Waals surface area contributed by atoms with Crippen LogP contribution in [0, 0.1) is 12.8 Å². The second-order valence-corrected chi connectivity index (χ2v) is 7.07. The van der Waals surface area contributed by atoms with Crippen molar-refractivity contribution >= 4 is 5.84 Å². The predicted molar refractivity (Wildman–Crippen MR) is 104 cm³/mol. The van der Waals surface area contributed by atoms with Crippen molar-refractivity contribution in [3.8, 4) is 0 Å². The Morgan fingerprint density at radius 1 is 1.36 bits per heavy atom. The number of hydrogen-bond acceptors (Lipinski definition) is 2. The Balaban J connectivity index is 1.89. The van der Waals surface area contributed by atoms with Crippen LogP contribution in [0.3, 0.4) is 0 Å². The quantitative estimate of drug-likeness (QED) is 0.630. The molecule has 1 N–H and O–H groups in total. The van der Waals surface area contributed by atoms with E-state index in [1.165, 1.54) is 30.5 Å². The van der Waals surface area contributed by atoms with Gasteiger partial charge in [0.2, 0.25) is 0 Å². The van der Waals surface area contributed by atoms with Crippen LogP contribution in [0.25, 0.3) is 0 Å². The third-order valence-electron chi connectivity index (χ3n) is 5.17. The van der Waals surface area contributed by atoms with E-state index in [-0.39, 0.29) is 6.04 Å². The molecule has 1 fully saturated rings. The van der Waals surface area contributed by atoms with Crippen LogP contribution in [0.5, 0.6) is 0 Å². The van der Waals surface area contributed by atoms with Crippen molar-refractivity contribution < 1.29 is 0 Å². The van der Waals surface area contributed by atoms with Gasteiger partial charge >= 0.3 is 0 Å². The molecule has 0 spiro atoms. The first-order valence-electron chi connectivity index (χ1n) is 9.14. The van der Waals surface area contributed by atoms with Crippen LogP contribution in [0.1, 0.15) is 62.1 Å². The molecule has 1 aromatic carbocycles. The van der Waals surface area contributed by atoms with Crippen molar-refractivity contribution in [2.45, 2.75) is 52.1 Å². The van der Waals surface area contributed by atoms with E-state index >= 15 is 0 Å². The molecule has 0 aliphatic heterocycles. The molecular weight excluding hydrogens is 308 g/mol. The van der Waals surface area contributed by atoms with E-state index in [9.17, 15) is 0 Å². The van der Waals surface area contributed by atoms with Crippen LogP contribution >= 0.6 is 0 Å². The van der Waals surface area contributed by atoms with Gasteiger partial charge < -0.3 is 9.88 Å². The Morgan fingerprint density at radius 2 is 2.12 bits per heavy atom. The summed E-state index contributed by atoms with van der Waals surface area (Å²) in [5.41, 5.74) is 3.28. The lowest BCUT2D eigenvalue weighted by molar-refractivity contribution is 0.485. The summed E-state index contributed by atoms with van der Waals surface area (Å²) < 4.78 is 2.33. The molecule has 3 unspecified atom stereocenters. The average molecular weight is 336 g/mol. The van der Waals surface area contributed by atoms with E-state index in [1.807, 2.05) is 24.5 Å². The summed E-state index contributed by atoms with van der Waals surface area (Å²) in [4.78, 5) is 9.55. The zero-order valence-corrected chi connectivity index (χ0v) is 15.4. The lowest BCUT2D eigenvalue weighted by atomic mass is 10.1. The Labute approximate surface area is 150 Å². The first-order chi connectivity index (χ1) is 12.1. The number of benzene rings is 1. The van der Waals surface area contributed by atoms with Crippen LogP contribution in [0.2, 0.25) is 0 Å². The molecule has 132 valence electrons. The number of nitrogens with zero attached hydrogens (tertiary/aromatic N) is 3. The molecule has 25 heavy (non-hydrogen) atoms. The second kappa shape index (κ2) is 7.68. The van der Waals surface area contributed by atoms with Gasteiger partial charge in [0.25, 0.3) is 0 Å². The van der Waals surface area contributed by atoms with Crippen LogP contribution < -0.4 is 5.32 Å². The summed E-state index contributed by atoms with van der Waals surface area (Å²) in [7, 11) is 0. The fourth-order valence-electron chi connectivity index (χ4n) is 3.72. The molecule has 1 heterocycles. The first kappa shape index (κ1) is 17.5. The van der Waals surface area contributed by atoms with E-state index < -0.39 is 0 Å². The summed E-state index contributed by atoms with van der Waals surface area (Å²) in [6.45, 7) is 10.4. The lowest BCUT2D eigenvalue weighted by Crippen LogP contribution is -2.21. The zero-order chi connectivity index (χ0) is 17.8. The maximum atomic E-state index is 4.88.